The average Bonchev–Trinajstić information content (AvgIpc) is 2.88. The first-order chi connectivity index (χ1) is 9.97. The maximum Gasteiger partial charge on any atom is 0.336 e. The highest BCUT2D eigenvalue weighted by molar-refractivity contribution is 5.96. The normalized spacial score (nSPS) is 12.1. The molecule has 2 heterocycles. The highest BCUT2D eigenvalue weighted by atomic mass is 16.4. The van der Waals surface area contributed by atoms with Crippen LogP contribution in [0.15, 0.2) is 38.1 Å². The molecular weight excluding hydrogens is 270 g/mol. The summed E-state index contributed by atoms with van der Waals surface area (Å²) in [5.41, 5.74) is 0.617. The van der Waals surface area contributed by atoms with Gasteiger partial charge in [0, 0.05) is 18.5 Å². The van der Waals surface area contributed by atoms with Crippen molar-refractivity contribution in [2.24, 2.45) is 0 Å². The Morgan fingerprint density at radius 3 is 2.76 bits per heavy atom. The van der Waals surface area contributed by atoms with Gasteiger partial charge in [0.1, 0.15) is 11.5 Å². The summed E-state index contributed by atoms with van der Waals surface area (Å²) in [6.07, 6.45) is 3.17. The Labute approximate surface area is 123 Å². The summed E-state index contributed by atoms with van der Waals surface area (Å²) in [6.45, 7) is 5.29. The van der Waals surface area contributed by atoms with Crippen molar-refractivity contribution < 1.29 is 13.6 Å². The molecule has 0 aliphatic rings. The first-order valence-corrected chi connectivity index (χ1v) is 6.92. The van der Waals surface area contributed by atoms with Gasteiger partial charge in [0.05, 0.1) is 11.8 Å². The van der Waals surface area contributed by atoms with Gasteiger partial charge in [-0.1, -0.05) is 0 Å². The van der Waals surface area contributed by atoms with Crippen LogP contribution in [-0.4, -0.2) is 11.9 Å². The molecule has 0 unspecified atom stereocenters. The maximum absolute atomic E-state index is 12.3. The maximum atomic E-state index is 12.3. The van der Waals surface area contributed by atoms with E-state index in [1.54, 1.807) is 20.1 Å². The second-order valence-corrected chi connectivity index (χ2v) is 5.17. The number of carbonyl (C=O) groups excluding carboxylic acids is 1. The second-order valence-electron chi connectivity index (χ2n) is 5.17. The quantitative estimate of drug-likeness (QED) is 0.918. The Morgan fingerprint density at radius 2 is 2.14 bits per heavy atom. The minimum absolute atomic E-state index is 0.00618. The van der Waals surface area contributed by atoms with Gasteiger partial charge in [-0.25, -0.2) is 4.79 Å². The van der Waals surface area contributed by atoms with E-state index in [-0.39, 0.29) is 11.9 Å². The molecule has 21 heavy (non-hydrogen) atoms. The third-order valence-corrected chi connectivity index (χ3v) is 3.34. The Bertz CT molecular complexity index is 644. The molecule has 0 spiro atoms. The van der Waals surface area contributed by atoms with Crippen molar-refractivity contribution in [1.82, 2.24) is 5.32 Å². The second kappa shape index (κ2) is 6.43. The molecular formula is C16H19NO4. The van der Waals surface area contributed by atoms with Crippen LogP contribution in [0.3, 0.4) is 0 Å². The molecule has 2 aromatic heterocycles. The highest BCUT2D eigenvalue weighted by Gasteiger charge is 2.17. The molecule has 0 saturated carbocycles. The minimum atomic E-state index is -0.438. The van der Waals surface area contributed by atoms with Crippen molar-refractivity contribution in [3.8, 4) is 0 Å². The van der Waals surface area contributed by atoms with Crippen LogP contribution in [0.4, 0.5) is 0 Å². The molecule has 5 nitrogen and oxygen atoms in total. The molecule has 1 atom stereocenters. The summed E-state index contributed by atoms with van der Waals surface area (Å²) in [6, 6.07) is 5.08. The number of hydrogen-bond acceptors (Lipinski definition) is 4. The predicted molar refractivity (Wildman–Crippen MR) is 78.4 cm³/mol. The van der Waals surface area contributed by atoms with E-state index in [0.717, 1.165) is 18.6 Å². The van der Waals surface area contributed by atoms with Gasteiger partial charge in [-0.2, -0.15) is 0 Å². The first kappa shape index (κ1) is 15.1. The Morgan fingerprint density at radius 1 is 1.38 bits per heavy atom. The number of carbonyl (C=O) groups is 1. The standard InChI is InChI=1S/C16H19NO4/c1-10-9-14(18)21-12(3)15(10)16(19)17-11(2)6-7-13-5-4-8-20-13/h4-5,8-9,11H,6-7H2,1-3H3,(H,17,19)/t11-/m1/s1. The molecule has 0 saturated heterocycles. The molecule has 0 radical (unpaired) electrons. The van der Waals surface area contributed by atoms with Crippen molar-refractivity contribution in [2.45, 2.75) is 39.7 Å². The minimum Gasteiger partial charge on any atom is -0.469 e. The van der Waals surface area contributed by atoms with Gasteiger partial charge < -0.3 is 14.2 Å². The number of hydrogen-bond donors (Lipinski definition) is 1. The Hall–Kier alpha value is -2.30. The molecule has 0 aliphatic carbocycles. The van der Waals surface area contributed by atoms with Crippen molar-refractivity contribution in [1.29, 1.82) is 0 Å². The van der Waals surface area contributed by atoms with Crippen molar-refractivity contribution in [3.05, 3.63) is 57.5 Å². The van der Waals surface area contributed by atoms with E-state index in [9.17, 15) is 9.59 Å². The summed E-state index contributed by atoms with van der Waals surface area (Å²) >= 11 is 0. The van der Waals surface area contributed by atoms with Gasteiger partial charge in [-0.05, 0) is 44.9 Å². The van der Waals surface area contributed by atoms with Gasteiger partial charge in [0.25, 0.3) is 5.91 Å². The van der Waals surface area contributed by atoms with Crippen LogP contribution in [0, 0.1) is 13.8 Å². The highest BCUT2D eigenvalue weighted by Crippen LogP contribution is 2.12. The number of furan rings is 1. The molecule has 2 aromatic rings. The van der Waals surface area contributed by atoms with Gasteiger partial charge in [-0.15, -0.1) is 0 Å². The van der Waals surface area contributed by atoms with Crippen LogP contribution in [0.5, 0.6) is 0 Å². The SMILES string of the molecule is Cc1cc(=O)oc(C)c1C(=O)N[C@H](C)CCc1ccco1. The molecule has 1 amide bonds. The third kappa shape index (κ3) is 3.84. The van der Waals surface area contributed by atoms with Crippen LogP contribution in [0.25, 0.3) is 0 Å². The number of rotatable bonds is 5. The van der Waals surface area contributed by atoms with Crippen LogP contribution in [0.2, 0.25) is 0 Å². The lowest BCUT2D eigenvalue weighted by atomic mass is 10.1. The van der Waals surface area contributed by atoms with Crippen molar-refractivity contribution >= 4 is 5.91 Å². The van der Waals surface area contributed by atoms with Gasteiger partial charge >= 0.3 is 5.63 Å². The van der Waals surface area contributed by atoms with Gasteiger partial charge in [0.2, 0.25) is 0 Å². The largest absolute Gasteiger partial charge is 0.469 e. The summed E-state index contributed by atoms with van der Waals surface area (Å²) in [4.78, 5) is 23.5. The lowest BCUT2D eigenvalue weighted by molar-refractivity contribution is 0.0933. The summed E-state index contributed by atoms with van der Waals surface area (Å²) < 4.78 is 10.2. The van der Waals surface area contributed by atoms with Crippen LogP contribution < -0.4 is 10.9 Å². The fourth-order valence-electron chi connectivity index (χ4n) is 2.28. The van der Waals surface area contributed by atoms with E-state index in [1.165, 1.54) is 6.07 Å². The Balaban J connectivity index is 1.99. The van der Waals surface area contributed by atoms with Crippen LogP contribution in [-0.2, 0) is 6.42 Å². The lowest BCUT2D eigenvalue weighted by Crippen LogP contribution is -2.34. The van der Waals surface area contributed by atoms with Gasteiger partial charge in [-0.3, -0.25) is 4.79 Å². The zero-order valence-electron chi connectivity index (χ0n) is 12.4. The van der Waals surface area contributed by atoms with E-state index in [4.69, 9.17) is 8.83 Å². The Kier molecular flexibility index (Phi) is 4.62. The summed E-state index contributed by atoms with van der Waals surface area (Å²) in [5, 5.41) is 2.92. The molecule has 0 bridgehead atoms. The third-order valence-electron chi connectivity index (χ3n) is 3.34. The lowest BCUT2D eigenvalue weighted by Gasteiger charge is -2.15. The molecule has 1 N–H and O–H groups in total. The average molecular weight is 289 g/mol. The van der Waals surface area contributed by atoms with Crippen molar-refractivity contribution in [2.75, 3.05) is 0 Å². The molecule has 5 heteroatoms. The zero-order chi connectivity index (χ0) is 15.4. The fourth-order valence-corrected chi connectivity index (χ4v) is 2.28. The molecule has 112 valence electrons. The number of aryl methyl sites for hydroxylation is 3. The van der Waals surface area contributed by atoms with E-state index < -0.39 is 5.63 Å². The van der Waals surface area contributed by atoms with E-state index >= 15 is 0 Å². The molecule has 0 aromatic carbocycles. The van der Waals surface area contributed by atoms with Crippen LogP contribution in [0.1, 0.15) is 40.8 Å². The fraction of sp³-hybridized carbons (Fsp3) is 0.375. The molecule has 2 rings (SSSR count). The van der Waals surface area contributed by atoms with E-state index in [0.29, 0.717) is 16.9 Å². The van der Waals surface area contributed by atoms with E-state index in [1.807, 2.05) is 19.1 Å². The first-order valence-electron chi connectivity index (χ1n) is 6.92. The van der Waals surface area contributed by atoms with E-state index in [2.05, 4.69) is 5.32 Å². The monoisotopic (exact) mass is 289 g/mol. The summed E-state index contributed by atoms with van der Waals surface area (Å²) in [7, 11) is 0. The smallest absolute Gasteiger partial charge is 0.336 e. The van der Waals surface area contributed by atoms with Crippen molar-refractivity contribution in [3.63, 3.8) is 0 Å². The number of amides is 1. The summed E-state index contributed by atoms with van der Waals surface area (Å²) in [5.74, 6) is 1.02. The zero-order valence-corrected chi connectivity index (χ0v) is 12.4. The van der Waals surface area contributed by atoms with Gasteiger partial charge in [0.15, 0.2) is 0 Å². The molecule has 0 fully saturated rings. The van der Waals surface area contributed by atoms with Crippen LogP contribution >= 0.6 is 0 Å². The predicted octanol–water partition coefficient (Wildman–Crippen LogP) is 2.60. The topological polar surface area (TPSA) is 72.5 Å². The number of nitrogens with one attached hydrogen (secondary N) is 1. The molecule has 0 aliphatic heterocycles.